The van der Waals surface area contributed by atoms with Gasteiger partial charge in [0.2, 0.25) is 0 Å². The van der Waals surface area contributed by atoms with E-state index in [2.05, 4.69) is 80.6 Å². The first-order valence-corrected chi connectivity index (χ1v) is 11.0. The number of nitrogens with zero attached hydrogens (tertiary/aromatic N) is 3. The molecule has 0 unspecified atom stereocenters. The molecule has 2 aromatic heterocycles. The average Bonchev–Trinajstić information content (AvgIpc) is 3.35. The van der Waals surface area contributed by atoms with Crippen LogP contribution in [0.5, 0.6) is 0 Å². The monoisotopic (exact) mass is 397 g/mol. The number of fused-ring (bicyclic) bond motifs is 1. The van der Waals surface area contributed by atoms with E-state index in [1.165, 1.54) is 46.4 Å². The van der Waals surface area contributed by atoms with Gasteiger partial charge in [-0.25, -0.2) is 4.98 Å². The third-order valence-electron chi connectivity index (χ3n) is 7.17. The van der Waals surface area contributed by atoms with E-state index in [0.717, 1.165) is 6.54 Å². The zero-order valence-electron chi connectivity index (χ0n) is 18.7. The van der Waals surface area contributed by atoms with Crippen molar-refractivity contribution in [3.8, 4) is 0 Å². The second-order valence-corrected chi connectivity index (χ2v) is 10.4. The molecule has 0 bridgehead atoms. The molecule has 0 atom stereocenters. The van der Waals surface area contributed by atoms with Crippen molar-refractivity contribution >= 4 is 0 Å². The van der Waals surface area contributed by atoms with E-state index in [1.54, 1.807) is 0 Å². The van der Waals surface area contributed by atoms with Crippen LogP contribution in [-0.2, 0) is 22.8 Å². The van der Waals surface area contributed by atoms with Crippen molar-refractivity contribution in [3.05, 3.63) is 94.8 Å². The van der Waals surface area contributed by atoms with Crippen molar-refractivity contribution in [3.63, 3.8) is 0 Å². The molecule has 0 radical (unpaired) electrons. The predicted octanol–water partition coefficient (Wildman–Crippen LogP) is 5.84. The lowest BCUT2D eigenvalue weighted by molar-refractivity contribution is 0.560. The van der Waals surface area contributed by atoms with Crippen molar-refractivity contribution in [1.29, 1.82) is 0 Å². The van der Waals surface area contributed by atoms with E-state index in [1.807, 2.05) is 24.9 Å². The molecule has 0 saturated heterocycles. The number of aromatic nitrogens is 3. The highest BCUT2D eigenvalue weighted by Crippen LogP contribution is 2.55. The highest BCUT2D eigenvalue weighted by molar-refractivity contribution is 5.56. The number of aryl methyl sites for hydroxylation is 1. The summed E-state index contributed by atoms with van der Waals surface area (Å²) in [6.45, 7) is 12.4. The summed E-state index contributed by atoms with van der Waals surface area (Å²) in [6, 6.07) is 9.42. The number of pyridine rings is 1. The van der Waals surface area contributed by atoms with Crippen LogP contribution in [0, 0.1) is 6.92 Å². The summed E-state index contributed by atoms with van der Waals surface area (Å²) in [4.78, 5) is 9.07. The Morgan fingerprint density at radius 1 is 0.933 bits per heavy atom. The van der Waals surface area contributed by atoms with Crippen LogP contribution >= 0.6 is 0 Å². The normalized spacial score (nSPS) is 20.0. The Kier molecular flexibility index (Phi) is 4.12. The summed E-state index contributed by atoms with van der Waals surface area (Å²) < 4.78 is 2.08. The third-order valence-corrected chi connectivity index (χ3v) is 7.17. The summed E-state index contributed by atoms with van der Waals surface area (Å²) >= 11 is 0. The summed E-state index contributed by atoms with van der Waals surface area (Å²) in [7, 11) is 0. The number of rotatable bonds is 4. The van der Waals surface area contributed by atoms with E-state index < -0.39 is 0 Å². The minimum absolute atomic E-state index is 0.0610. The van der Waals surface area contributed by atoms with Gasteiger partial charge in [0.1, 0.15) is 0 Å². The van der Waals surface area contributed by atoms with Gasteiger partial charge in [0, 0.05) is 41.4 Å². The lowest BCUT2D eigenvalue weighted by Gasteiger charge is -2.38. The summed E-state index contributed by atoms with van der Waals surface area (Å²) in [5.41, 5.74) is 8.45. The topological polar surface area (TPSA) is 30.7 Å². The largest absolute Gasteiger partial charge is 0.333 e. The lowest BCUT2D eigenvalue weighted by atomic mass is 9.66. The van der Waals surface area contributed by atoms with Crippen molar-refractivity contribution in [1.82, 2.24) is 14.5 Å². The smallest absolute Gasteiger partial charge is 0.0949 e. The van der Waals surface area contributed by atoms with Gasteiger partial charge in [-0.15, -0.1) is 0 Å². The maximum Gasteiger partial charge on any atom is 0.0949 e. The van der Waals surface area contributed by atoms with Gasteiger partial charge in [-0.05, 0) is 53.6 Å². The molecule has 2 aliphatic carbocycles. The summed E-state index contributed by atoms with van der Waals surface area (Å²) in [5.74, 6) is 0. The molecule has 3 aromatic rings. The van der Waals surface area contributed by atoms with E-state index in [0.29, 0.717) is 0 Å². The van der Waals surface area contributed by atoms with Crippen LogP contribution in [0.25, 0.3) is 0 Å². The standard InChI is InChI=1S/C27H31N3/c1-19-14-22-23(26(4,5)9-8-25(22,2)3)15-21(19)27(10-11-27)24-7-6-20(16-29-24)17-30-13-12-28-18-30/h6-9,12-16,18H,10-11,17H2,1-5H3. The number of hydrogen-bond donors (Lipinski definition) is 0. The fraction of sp³-hybridized carbons (Fsp3) is 0.407. The molecule has 0 amide bonds. The fourth-order valence-corrected chi connectivity index (χ4v) is 5.07. The Balaban J connectivity index is 1.53. The number of allylic oxidation sites excluding steroid dienone is 2. The molecular formula is C27H31N3. The minimum Gasteiger partial charge on any atom is -0.333 e. The van der Waals surface area contributed by atoms with Gasteiger partial charge < -0.3 is 4.57 Å². The maximum atomic E-state index is 4.94. The molecule has 2 heterocycles. The molecule has 30 heavy (non-hydrogen) atoms. The molecule has 0 spiro atoms. The molecule has 0 N–H and O–H groups in total. The van der Waals surface area contributed by atoms with Gasteiger partial charge in [0.05, 0.1) is 12.0 Å². The zero-order valence-corrected chi connectivity index (χ0v) is 18.7. The summed E-state index contributed by atoms with van der Waals surface area (Å²) in [6.07, 6.45) is 14.8. The second kappa shape index (κ2) is 6.41. The molecule has 2 aliphatic rings. The van der Waals surface area contributed by atoms with Gasteiger partial charge >= 0.3 is 0 Å². The van der Waals surface area contributed by atoms with Crippen molar-refractivity contribution in [2.24, 2.45) is 0 Å². The van der Waals surface area contributed by atoms with Gasteiger partial charge in [-0.2, -0.15) is 0 Å². The van der Waals surface area contributed by atoms with Crippen LogP contribution < -0.4 is 0 Å². The van der Waals surface area contributed by atoms with Crippen LogP contribution in [0.1, 0.15) is 74.0 Å². The SMILES string of the molecule is Cc1cc2c(cc1C1(c3ccc(Cn4ccnc4)cn3)CC1)C(C)(C)C=CC2(C)C. The first-order chi connectivity index (χ1) is 14.2. The van der Waals surface area contributed by atoms with Gasteiger partial charge in [0.15, 0.2) is 0 Å². The Morgan fingerprint density at radius 3 is 2.20 bits per heavy atom. The number of imidazole rings is 1. The average molecular weight is 398 g/mol. The quantitative estimate of drug-likeness (QED) is 0.518. The van der Waals surface area contributed by atoms with Gasteiger partial charge in [-0.3, -0.25) is 4.98 Å². The number of benzene rings is 1. The van der Waals surface area contributed by atoms with Gasteiger partial charge in [0.25, 0.3) is 0 Å². The van der Waals surface area contributed by atoms with E-state index in [9.17, 15) is 0 Å². The first kappa shape index (κ1) is 19.3. The number of hydrogen-bond acceptors (Lipinski definition) is 2. The van der Waals surface area contributed by atoms with Crippen molar-refractivity contribution < 1.29 is 0 Å². The maximum absolute atomic E-state index is 4.94. The molecular weight excluding hydrogens is 366 g/mol. The van der Waals surface area contributed by atoms with Crippen LogP contribution in [0.4, 0.5) is 0 Å². The molecule has 5 rings (SSSR count). The molecule has 1 aromatic carbocycles. The highest BCUT2D eigenvalue weighted by atomic mass is 15.0. The Morgan fingerprint density at radius 2 is 1.63 bits per heavy atom. The molecule has 3 nitrogen and oxygen atoms in total. The lowest BCUT2D eigenvalue weighted by Crippen LogP contribution is -2.30. The predicted molar refractivity (Wildman–Crippen MR) is 122 cm³/mol. The van der Waals surface area contributed by atoms with Crippen molar-refractivity contribution in [2.45, 2.75) is 70.3 Å². The van der Waals surface area contributed by atoms with Gasteiger partial charge in [-0.1, -0.05) is 58.0 Å². The van der Waals surface area contributed by atoms with E-state index in [-0.39, 0.29) is 16.2 Å². The molecule has 154 valence electrons. The van der Waals surface area contributed by atoms with Crippen LogP contribution in [0.15, 0.2) is 61.3 Å². The van der Waals surface area contributed by atoms with Crippen molar-refractivity contribution in [2.75, 3.05) is 0 Å². The zero-order chi connectivity index (χ0) is 21.1. The first-order valence-electron chi connectivity index (χ1n) is 11.0. The highest BCUT2D eigenvalue weighted by Gasteiger charge is 2.49. The molecule has 1 saturated carbocycles. The van der Waals surface area contributed by atoms with Crippen LogP contribution in [-0.4, -0.2) is 14.5 Å². The Bertz CT molecular complexity index is 1110. The minimum atomic E-state index is 0.0610. The molecule has 3 heteroatoms. The molecule has 1 fully saturated rings. The Labute approximate surface area is 179 Å². The Hall–Kier alpha value is -2.68. The van der Waals surface area contributed by atoms with Crippen LogP contribution in [0.3, 0.4) is 0 Å². The second-order valence-electron chi connectivity index (χ2n) is 10.4. The van der Waals surface area contributed by atoms with E-state index >= 15 is 0 Å². The fourth-order valence-electron chi connectivity index (χ4n) is 5.07. The van der Waals surface area contributed by atoms with E-state index in [4.69, 9.17) is 4.98 Å². The summed E-state index contributed by atoms with van der Waals surface area (Å²) in [5, 5.41) is 0. The third kappa shape index (κ3) is 3.03. The van der Waals surface area contributed by atoms with Crippen LogP contribution in [0.2, 0.25) is 0 Å². The molecule has 0 aliphatic heterocycles.